The Labute approximate surface area is 119 Å². The topological polar surface area (TPSA) is 56.3 Å². The molecular weight excluding hydrogens is 252 g/mol. The summed E-state index contributed by atoms with van der Waals surface area (Å²) in [6.07, 6.45) is 3.92. The molecule has 2 N–H and O–H groups in total. The van der Waals surface area contributed by atoms with E-state index in [0.717, 1.165) is 30.0 Å². The van der Waals surface area contributed by atoms with Crippen molar-refractivity contribution in [2.24, 2.45) is 12.8 Å². The number of methoxy groups -OCH3 is 1. The molecule has 5 heteroatoms. The number of benzene rings is 1. The number of nitrogens with zero attached hydrogens (tertiary/aromatic N) is 3. The molecule has 0 radical (unpaired) electrons. The first-order valence-electron chi connectivity index (χ1n) is 6.64. The van der Waals surface area contributed by atoms with Crippen LogP contribution in [-0.2, 0) is 26.7 Å². The maximum atomic E-state index is 5.70. The minimum absolute atomic E-state index is 0.545. The third-order valence-electron chi connectivity index (χ3n) is 3.23. The molecule has 0 aliphatic carbocycles. The maximum absolute atomic E-state index is 5.70. The second kappa shape index (κ2) is 6.54. The highest BCUT2D eigenvalue weighted by atomic mass is 16.5. The third-order valence-corrected chi connectivity index (χ3v) is 3.23. The molecule has 20 heavy (non-hydrogen) atoms. The van der Waals surface area contributed by atoms with Gasteiger partial charge in [-0.25, -0.2) is 0 Å². The van der Waals surface area contributed by atoms with Gasteiger partial charge < -0.3 is 10.5 Å². The molecule has 1 aromatic carbocycles. The lowest BCUT2D eigenvalue weighted by atomic mass is 10.1. The molecule has 0 atom stereocenters. The van der Waals surface area contributed by atoms with Gasteiger partial charge in [0.1, 0.15) is 5.75 Å². The number of aromatic nitrogens is 2. The molecule has 2 rings (SSSR count). The summed E-state index contributed by atoms with van der Waals surface area (Å²) in [4.78, 5) is 2.23. The van der Waals surface area contributed by atoms with Crippen molar-refractivity contribution in [2.75, 3.05) is 14.2 Å². The fraction of sp³-hybridized carbons (Fsp3) is 0.400. The number of hydrogen-bond donors (Lipinski definition) is 1. The average Bonchev–Trinajstić information content (AvgIpc) is 2.83. The van der Waals surface area contributed by atoms with E-state index in [2.05, 4.69) is 23.1 Å². The highest BCUT2D eigenvalue weighted by Crippen LogP contribution is 2.21. The van der Waals surface area contributed by atoms with Crippen molar-refractivity contribution in [1.82, 2.24) is 14.7 Å². The SMILES string of the molecule is COc1ccc(CN)cc1CN(C)Cc1cnn(C)c1. The predicted octanol–water partition coefficient (Wildman–Crippen LogP) is 1.52. The predicted molar refractivity (Wildman–Crippen MR) is 79.3 cm³/mol. The molecule has 0 aliphatic heterocycles. The van der Waals surface area contributed by atoms with E-state index in [1.165, 1.54) is 5.56 Å². The molecule has 5 nitrogen and oxygen atoms in total. The fourth-order valence-corrected chi connectivity index (χ4v) is 2.29. The number of ether oxygens (including phenoxy) is 1. The Morgan fingerprint density at radius 2 is 2.10 bits per heavy atom. The zero-order chi connectivity index (χ0) is 14.5. The molecule has 0 bridgehead atoms. The lowest BCUT2D eigenvalue weighted by molar-refractivity contribution is 0.310. The normalized spacial score (nSPS) is 11.1. The van der Waals surface area contributed by atoms with Crippen LogP contribution in [-0.4, -0.2) is 28.8 Å². The van der Waals surface area contributed by atoms with Gasteiger partial charge in [0.2, 0.25) is 0 Å². The van der Waals surface area contributed by atoms with Crippen LogP contribution in [0.5, 0.6) is 5.75 Å². The van der Waals surface area contributed by atoms with E-state index in [-0.39, 0.29) is 0 Å². The largest absolute Gasteiger partial charge is 0.496 e. The summed E-state index contributed by atoms with van der Waals surface area (Å²) in [6, 6.07) is 6.09. The monoisotopic (exact) mass is 274 g/mol. The maximum Gasteiger partial charge on any atom is 0.123 e. The van der Waals surface area contributed by atoms with E-state index in [1.807, 2.05) is 36.3 Å². The Morgan fingerprint density at radius 3 is 2.70 bits per heavy atom. The lowest BCUT2D eigenvalue weighted by Gasteiger charge is -2.18. The van der Waals surface area contributed by atoms with E-state index in [1.54, 1.807) is 7.11 Å². The van der Waals surface area contributed by atoms with Gasteiger partial charge in [-0.2, -0.15) is 5.10 Å². The van der Waals surface area contributed by atoms with Crippen LogP contribution in [0.2, 0.25) is 0 Å². The van der Waals surface area contributed by atoms with E-state index < -0.39 is 0 Å². The summed E-state index contributed by atoms with van der Waals surface area (Å²) in [6.45, 7) is 2.21. The zero-order valence-electron chi connectivity index (χ0n) is 12.3. The first-order valence-corrected chi connectivity index (χ1v) is 6.64. The minimum Gasteiger partial charge on any atom is -0.496 e. The Morgan fingerprint density at radius 1 is 1.30 bits per heavy atom. The summed E-state index contributed by atoms with van der Waals surface area (Å²) >= 11 is 0. The number of nitrogens with two attached hydrogens (primary N) is 1. The second-order valence-corrected chi connectivity index (χ2v) is 5.04. The first kappa shape index (κ1) is 14.6. The summed E-state index contributed by atoms with van der Waals surface area (Å²) < 4.78 is 7.23. The second-order valence-electron chi connectivity index (χ2n) is 5.04. The molecule has 0 unspecified atom stereocenters. The van der Waals surface area contributed by atoms with Crippen LogP contribution in [0.25, 0.3) is 0 Å². The van der Waals surface area contributed by atoms with Crippen molar-refractivity contribution in [1.29, 1.82) is 0 Å². The summed E-state index contributed by atoms with van der Waals surface area (Å²) in [7, 11) is 5.71. The van der Waals surface area contributed by atoms with Gasteiger partial charge >= 0.3 is 0 Å². The molecule has 0 amide bonds. The number of aryl methyl sites for hydroxylation is 1. The van der Waals surface area contributed by atoms with Gasteiger partial charge in [-0.05, 0) is 24.7 Å². The lowest BCUT2D eigenvalue weighted by Crippen LogP contribution is -2.17. The molecule has 2 aromatic rings. The summed E-state index contributed by atoms with van der Waals surface area (Å²) in [5.41, 5.74) is 9.18. The van der Waals surface area contributed by atoms with Gasteiger partial charge in [-0.15, -0.1) is 0 Å². The number of hydrogen-bond acceptors (Lipinski definition) is 4. The van der Waals surface area contributed by atoms with Gasteiger partial charge in [-0.1, -0.05) is 6.07 Å². The van der Waals surface area contributed by atoms with Gasteiger partial charge in [-0.3, -0.25) is 9.58 Å². The quantitative estimate of drug-likeness (QED) is 0.867. The Hall–Kier alpha value is -1.85. The fourth-order valence-electron chi connectivity index (χ4n) is 2.29. The Bertz CT molecular complexity index is 565. The van der Waals surface area contributed by atoms with Crippen LogP contribution in [0.3, 0.4) is 0 Å². The zero-order valence-corrected chi connectivity index (χ0v) is 12.3. The molecule has 0 saturated heterocycles. The molecule has 0 saturated carbocycles. The smallest absolute Gasteiger partial charge is 0.123 e. The van der Waals surface area contributed by atoms with Gasteiger partial charge in [0.05, 0.1) is 13.3 Å². The van der Waals surface area contributed by atoms with Gasteiger partial charge in [0.25, 0.3) is 0 Å². The molecular formula is C15H22N4O. The van der Waals surface area contributed by atoms with E-state index in [4.69, 9.17) is 10.5 Å². The average molecular weight is 274 g/mol. The van der Waals surface area contributed by atoms with Crippen LogP contribution in [0, 0.1) is 0 Å². The molecule has 0 aliphatic rings. The molecule has 108 valence electrons. The molecule has 0 spiro atoms. The van der Waals surface area contributed by atoms with Crippen LogP contribution < -0.4 is 10.5 Å². The first-order chi connectivity index (χ1) is 9.62. The van der Waals surface area contributed by atoms with Crippen molar-refractivity contribution >= 4 is 0 Å². The van der Waals surface area contributed by atoms with Gasteiger partial charge in [0, 0.05) is 44.0 Å². The molecule has 1 heterocycles. The Balaban J connectivity index is 2.08. The minimum atomic E-state index is 0.545. The van der Waals surface area contributed by atoms with Crippen molar-refractivity contribution in [2.45, 2.75) is 19.6 Å². The van der Waals surface area contributed by atoms with Crippen molar-refractivity contribution in [3.63, 3.8) is 0 Å². The molecule has 1 aromatic heterocycles. The van der Waals surface area contributed by atoms with E-state index >= 15 is 0 Å². The van der Waals surface area contributed by atoms with Crippen LogP contribution >= 0.6 is 0 Å². The highest BCUT2D eigenvalue weighted by molar-refractivity contribution is 5.37. The highest BCUT2D eigenvalue weighted by Gasteiger charge is 2.08. The van der Waals surface area contributed by atoms with Crippen LogP contribution in [0.1, 0.15) is 16.7 Å². The van der Waals surface area contributed by atoms with Crippen LogP contribution in [0.15, 0.2) is 30.6 Å². The van der Waals surface area contributed by atoms with Crippen molar-refractivity contribution in [3.05, 3.63) is 47.3 Å². The standard InChI is InChI=1S/C15H22N4O/c1-18(9-13-8-17-19(2)10-13)11-14-6-12(7-16)4-5-15(14)20-3/h4-6,8,10H,7,9,11,16H2,1-3H3. The van der Waals surface area contributed by atoms with Crippen molar-refractivity contribution < 1.29 is 4.74 Å². The van der Waals surface area contributed by atoms with Gasteiger partial charge in [0.15, 0.2) is 0 Å². The third kappa shape index (κ3) is 3.59. The molecule has 0 fully saturated rings. The van der Waals surface area contributed by atoms with E-state index in [0.29, 0.717) is 6.54 Å². The Kier molecular flexibility index (Phi) is 4.76. The summed E-state index contributed by atoms with van der Waals surface area (Å²) in [5.74, 6) is 0.903. The summed E-state index contributed by atoms with van der Waals surface area (Å²) in [5, 5.41) is 4.19. The van der Waals surface area contributed by atoms with Crippen molar-refractivity contribution in [3.8, 4) is 5.75 Å². The number of rotatable bonds is 6. The van der Waals surface area contributed by atoms with E-state index in [9.17, 15) is 0 Å². The van der Waals surface area contributed by atoms with Crippen LogP contribution in [0.4, 0.5) is 0 Å².